The average Bonchev–Trinajstić information content (AvgIpc) is 3.07. The van der Waals surface area contributed by atoms with Crippen molar-refractivity contribution in [2.45, 2.75) is 58.7 Å². The van der Waals surface area contributed by atoms with Gasteiger partial charge in [0.2, 0.25) is 0 Å². The van der Waals surface area contributed by atoms with Crippen LogP contribution in [0.5, 0.6) is 0 Å². The molecule has 2 atom stereocenters. The molecule has 0 amide bonds. The summed E-state index contributed by atoms with van der Waals surface area (Å²) < 4.78 is 3.97. The van der Waals surface area contributed by atoms with Crippen molar-refractivity contribution < 1.29 is 5.11 Å². The van der Waals surface area contributed by atoms with Crippen LogP contribution < -0.4 is 0 Å². The van der Waals surface area contributed by atoms with E-state index >= 15 is 0 Å². The Morgan fingerprint density at radius 1 is 1.35 bits per heavy atom. The monoisotopic (exact) mass is 276 g/mol. The van der Waals surface area contributed by atoms with Crippen LogP contribution in [0.4, 0.5) is 0 Å². The van der Waals surface area contributed by atoms with Gasteiger partial charge in [0.15, 0.2) is 0 Å². The number of aliphatic hydroxyl groups is 1. The van der Waals surface area contributed by atoms with Gasteiger partial charge < -0.3 is 9.67 Å². The fourth-order valence-electron chi connectivity index (χ4n) is 2.26. The summed E-state index contributed by atoms with van der Waals surface area (Å²) in [5, 5.41) is 14.9. The van der Waals surface area contributed by atoms with E-state index in [1.807, 2.05) is 21.5 Å². The van der Waals surface area contributed by atoms with E-state index in [1.165, 1.54) is 0 Å². The molecule has 0 aliphatic rings. The van der Waals surface area contributed by atoms with Gasteiger partial charge in [0, 0.05) is 25.2 Å². The zero-order valence-electron chi connectivity index (χ0n) is 12.5. The fraction of sp³-hybridized carbons (Fsp3) is 0.600. The Bertz CT molecular complexity index is 531. The van der Waals surface area contributed by atoms with Crippen molar-refractivity contribution in [3.8, 4) is 0 Å². The number of rotatable bonds is 7. The van der Waals surface area contributed by atoms with E-state index in [2.05, 4.69) is 30.9 Å². The van der Waals surface area contributed by atoms with Crippen LogP contribution in [-0.2, 0) is 13.0 Å². The number of hydrogen-bond acceptors (Lipinski definition) is 3. The number of aromatic nitrogens is 4. The molecular formula is C15H24N4O. The quantitative estimate of drug-likeness (QED) is 0.846. The summed E-state index contributed by atoms with van der Waals surface area (Å²) in [5.74, 6) is 0. The summed E-state index contributed by atoms with van der Waals surface area (Å²) in [7, 11) is 0. The summed E-state index contributed by atoms with van der Waals surface area (Å²) in [4.78, 5) is 4.13. The van der Waals surface area contributed by atoms with Gasteiger partial charge in [-0.3, -0.25) is 4.68 Å². The molecule has 0 aliphatic carbocycles. The topological polar surface area (TPSA) is 55.9 Å². The molecule has 110 valence electrons. The summed E-state index contributed by atoms with van der Waals surface area (Å²) in [6, 6.07) is 2.38. The fourth-order valence-corrected chi connectivity index (χ4v) is 2.26. The largest absolute Gasteiger partial charge is 0.386 e. The molecule has 0 bridgehead atoms. The zero-order valence-corrected chi connectivity index (χ0v) is 12.5. The molecule has 2 unspecified atom stereocenters. The Morgan fingerprint density at radius 3 is 2.85 bits per heavy atom. The van der Waals surface area contributed by atoms with Gasteiger partial charge in [0.25, 0.3) is 0 Å². The summed E-state index contributed by atoms with van der Waals surface area (Å²) in [6.07, 6.45) is 7.56. The highest BCUT2D eigenvalue weighted by Gasteiger charge is 2.15. The molecule has 2 aromatic rings. The van der Waals surface area contributed by atoms with Gasteiger partial charge in [-0.25, -0.2) is 4.98 Å². The third-order valence-corrected chi connectivity index (χ3v) is 3.66. The molecule has 5 heteroatoms. The first-order valence-corrected chi connectivity index (χ1v) is 7.37. The van der Waals surface area contributed by atoms with E-state index in [9.17, 15) is 5.11 Å². The normalized spacial score (nSPS) is 14.4. The van der Waals surface area contributed by atoms with Crippen LogP contribution in [0.2, 0.25) is 0 Å². The van der Waals surface area contributed by atoms with Crippen molar-refractivity contribution >= 4 is 0 Å². The lowest BCUT2D eigenvalue weighted by molar-refractivity contribution is 0.167. The molecule has 0 radical (unpaired) electrons. The Labute approximate surface area is 120 Å². The van der Waals surface area contributed by atoms with Crippen LogP contribution in [0, 0.1) is 0 Å². The number of imidazole rings is 1. The first kappa shape index (κ1) is 14.8. The van der Waals surface area contributed by atoms with Gasteiger partial charge in [-0.2, -0.15) is 5.10 Å². The highest BCUT2D eigenvalue weighted by Crippen LogP contribution is 2.18. The molecule has 0 fully saturated rings. The van der Waals surface area contributed by atoms with Gasteiger partial charge in [-0.15, -0.1) is 0 Å². The van der Waals surface area contributed by atoms with Gasteiger partial charge >= 0.3 is 0 Å². The standard InChI is InChI=1S/C15H24N4O/c1-4-7-18-11-16-10-14(18)15(20)9-13-6-8-19(17-13)12(3)5-2/h6,8,10-12,15,20H,4-5,7,9H2,1-3H3. The molecule has 2 aromatic heterocycles. The smallest absolute Gasteiger partial charge is 0.101 e. The lowest BCUT2D eigenvalue weighted by atomic mass is 10.1. The van der Waals surface area contributed by atoms with Crippen LogP contribution in [0.1, 0.15) is 57.1 Å². The summed E-state index contributed by atoms with van der Waals surface area (Å²) in [6.45, 7) is 7.28. The highest BCUT2D eigenvalue weighted by molar-refractivity contribution is 5.09. The van der Waals surface area contributed by atoms with Gasteiger partial charge in [0.1, 0.15) is 6.10 Å². The van der Waals surface area contributed by atoms with E-state index in [1.54, 1.807) is 12.5 Å². The maximum Gasteiger partial charge on any atom is 0.101 e. The first-order valence-electron chi connectivity index (χ1n) is 7.37. The lowest BCUT2D eigenvalue weighted by Gasteiger charge is -2.12. The molecule has 2 rings (SSSR count). The van der Waals surface area contributed by atoms with Gasteiger partial charge in [-0.1, -0.05) is 13.8 Å². The molecular weight excluding hydrogens is 252 g/mol. The Balaban J connectivity index is 2.05. The Morgan fingerprint density at radius 2 is 2.15 bits per heavy atom. The van der Waals surface area contributed by atoms with Crippen molar-refractivity contribution in [2.24, 2.45) is 0 Å². The maximum atomic E-state index is 10.4. The van der Waals surface area contributed by atoms with E-state index in [-0.39, 0.29) is 0 Å². The molecule has 2 heterocycles. The van der Waals surface area contributed by atoms with E-state index < -0.39 is 6.10 Å². The Hall–Kier alpha value is -1.62. The molecule has 0 saturated heterocycles. The van der Waals surface area contributed by atoms with Crippen molar-refractivity contribution in [3.05, 3.63) is 36.2 Å². The lowest BCUT2D eigenvalue weighted by Crippen LogP contribution is -2.10. The summed E-state index contributed by atoms with van der Waals surface area (Å²) >= 11 is 0. The van der Waals surface area contributed by atoms with Crippen LogP contribution in [-0.4, -0.2) is 24.4 Å². The minimum atomic E-state index is -0.552. The predicted molar refractivity (Wildman–Crippen MR) is 78.4 cm³/mol. The number of aryl methyl sites for hydroxylation is 1. The second-order valence-corrected chi connectivity index (χ2v) is 5.28. The highest BCUT2D eigenvalue weighted by atomic mass is 16.3. The van der Waals surface area contributed by atoms with Crippen molar-refractivity contribution in [1.82, 2.24) is 19.3 Å². The molecule has 0 saturated carbocycles. The minimum absolute atomic E-state index is 0.395. The van der Waals surface area contributed by atoms with Gasteiger partial charge in [-0.05, 0) is 25.8 Å². The molecule has 0 aliphatic heterocycles. The molecule has 1 N–H and O–H groups in total. The van der Waals surface area contributed by atoms with E-state index in [0.717, 1.165) is 30.8 Å². The van der Waals surface area contributed by atoms with Crippen molar-refractivity contribution in [3.63, 3.8) is 0 Å². The van der Waals surface area contributed by atoms with Crippen LogP contribution in [0.3, 0.4) is 0 Å². The Kier molecular flexibility index (Phi) is 4.95. The SMILES string of the molecule is CCCn1cncc1C(O)Cc1ccn(C(C)CC)n1. The molecule has 0 spiro atoms. The number of aliphatic hydroxyl groups excluding tert-OH is 1. The van der Waals surface area contributed by atoms with Crippen LogP contribution in [0.15, 0.2) is 24.8 Å². The minimum Gasteiger partial charge on any atom is -0.386 e. The van der Waals surface area contributed by atoms with Crippen molar-refractivity contribution in [2.75, 3.05) is 0 Å². The number of nitrogens with zero attached hydrogens (tertiary/aromatic N) is 4. The van der Waals surface area contributed by atoms with Crippen molar-refractivity contribution in [1.29, 1.82) is 0 Å². The third-order valence-electron chi connectivity index (χ3n) is 3.66. The number of hydrogen-bond donors (Lipinski definition) is 1. The maximum absolute atomic E-state index is 10.4. The second-order valence-electron chi connectivity index (χ2n) is 5.28. The predicted octanol–water partition coefficient (Wildman–Crippen LogP) is 2.74. The van der Waals surface area contributed by atoms with E-state index in [4.69, 9.17) is 0 Å². The first-order chi connectivity index (χ1) is 9.65. The average molecular weight is 276 g/mol. The van der Waals surface area contributed by atoms with Crippen LogP contribution in [0.25, 0.3) is 0 Å². The molecule has 20 heavy (non-hydrogen) atoms. The van der Waals surface area contributed by atoms with Gasteiger partial charge in [0.05, 0.1) is 23.9 Å². The third kappa shape index (κ3) is 3.28. The molecule has 5 nitrogen and oxygen atoms in total. The second kappa shape index (κ2) is 6.70. The molecule has 0 aromatic carbocycles. The summed E-state index contributed by atoms with van der Waals surface area (Å²) in [5.41, 5.74) is 1.78. The zero-order chi connectivity index (χ0) is 14.5. The van der Waals surface area contributed by atoms with Crippen LogP contribution >= 0.6 is 0 Å². The van der Waals surface area contributed by atoms with E-state index in [0.29, 0.717) is 12.5 Å².